The molecule has 0 aliphatic carbocycles. The number of furan rings is 1. The molecule has 1 aliphatic rings. The molecule has 0 radical (unpaired) electrons. The van der Waals surface area contributed by atoms with Crippen molar-refractivity contribution in [1.29, 1.82) is 0 Å². The molecule has 0 unspecified atom stereocenters. The van der Waals surface area contributed by atoms with Crippen molar-refractivity contribution in [3.8, 4) is 11.6 Å². The fraction of sp³-hybridized carbons (Fsp3) is 0.300. The van der Waals surface area contributed by atoms with E-state index in [1.807, 2.05) is 48.9 Å². The van der Waals surface area contributed by atoms with Crippen molar-refractivity contribution in [3.05, 3.63) is 42.2 Å². The number of aromatic nitrogens is 2. The van der Waals surface area contributed by atoms with Gasteiger partial charge in [0.15, 0.2) is 11.6 Å². The Hall–Kier alpha value is -3.27. The van der Waals surface area contributed by atoms with Gasteiger partial charge in [-0.3, -0.25) is 4.79 Å². The van der Waals surface area contributed by atoms with Crippen molar-refractivity contribution >= 4 is 39.8 Å². The second-order valence-corrected chi connectivity index (χ2v) is 7.61. The van der Waals surface area contributed by atoms with Crippen LogP contribution in [-0.4, -0.2) is 56.9 Å². The molecule has 0 saturated heterocycles. The quantitative estimate of drug-likeness (QED) is 0.630. The smallest absolute Gasteiger partial charge is 0.314 e. The van der Waals surface area contributed by atoms with Crippen LogP contribution in [0.1, 0.15) is 12.5 Å². The van der Waals surface area contributed by atoms with Gasteiger partial charge in [-0.25, -0.2) is 14.8 Å². The summed E-state index contributed by atoms with van der Waals surface area (Å²) in [7, 11) is 1.95. The van der Waals surface area contributed by atoms with Gasteiger partial charge in [0.1, 0.15) is 0 Å². The van der Waals surface area contributed by atoms with Gasteiger partial charge in [-0.05, 0) is 31.2 Å². The lowest BCUT2D eigenvalue weighted by Crippen LogP contribution is -2.41. The Morgan fingerprint density at radius 1 is 1.30 bits per heavy atom. The molecule has 0 spiro atoms. The second-order valence-electron chi connectivity index (χ2n) is 6.69. The van der Waals surface area contributed by atoms with Crippen molar-refractivity contribution in [2.45, 2.75) is 6.92 Å². The summed E-state index contributed by atoms with van der Waals surface area (Å²) in [6.45, 7) is 3.02. The Bertz CT molecular complexity index is 1110. The number of hydrogen-bond donors (Lipinski definition) is 2. The Labute approximate surface area is 177 Å². The lowest BCUT2D eigenvalue weighted by atomic mass is 10.1. The van der Waals surface area contributed by atoms with Crippen LogP contribution in [0, 0.1) is 0 Å². The minimum atomic E-state index is -0.258. The number of urea groups is 1. The lowest BCUT2D eigenvalue weighted by molar-refractivity contribution is 0.222. The van der Waals surface area contributed by atoms with Crippen LogP contribution in [0.15, 0.2) is 46.1 Å². The Kier molecular flexibility index (Phi) is 5.75. The zero-order valence-electron chi connectivity index (χ0n) is 16.7. The first kappa shape index (κ1) is 20.0. The van der Waals surface area contributed by atoms with Gasteiger partial charge in [0.05, 0.1) is 29.6 Å². The molecule has 2 aromatic heterocycles. The summed E-state index contributed by atoms with van der Waals surface area (Å²) in [5, 5.41) is 11.1. The van der Waals surface area contributed by atoms with Crippen LogP contribution in [0.2, 0.25) is 0 Å². The molecule has 3 heterocycles. The largest absolute Gasteiger partial charge is 0.461 e. The van der Waals surface area contributed by atoms with E-state index in [0.29, 0.717) is 31.1 Å². The molecule has 30 heavy (non-hydrogen) atoms. The average molecular weight is 427 g/mol. The molecule has 3 amide bonds. The zero-order valence-corrected chi connectivity index (χ0v) is 17.5. The van der Waals surface area contributed by atoms with Gasteiger partial charge in [-0.2, -0.15) is 5.10 Å². The first-order valence-electron chi connectivity index (χ1n) is 9.61. The highest BCUT2D eigenvalue weighted by molar-refractivity contribution is 8.14. The number of thioether (sulfide) groups is 1. The lowest BCUT2D eigenvalue weighted by Gasteiger charge is -2.23. The first-order chi connectivity index (χ1) is 14.6. The zero-order chi connectivity index (χ0) is 21.1. The topological polar surface area (TPSA) is 105 Å². The number of nitrogens with one attached hydrogen (secondary N) is 2. The molecule has 0 bridgehead atoms. The highest BCUT2D eigenvalue weighted by Crippen LogP contribution is 2.26. The predicted molar refractivity (Wildman–Crippen MR) is 117 cm³/mol. The van der Waals surface area contributed by atoms with E-state index < -0.39 is 0 Å². The highest BCUT2D eigenvalue weighted by Gasteiger charge is 2.23. The molecule has 3 aromatic rings. The van der Waals surface area contributed by atoms with Gasteiger partial charge in [0.2, 0.25) is 0 Å². The van der Waals surface area contributed by atoms with Crippen molar-refractivity contribution in [2.24, 2.45) is 12.1 Å². The van der Waals surface area contributed by atoms with Crippen LogP contribution in [-0.2, 0) is 7.05 Å². The number of carbonyl (C=O) groups excluding carboxylic acids is 2. The van der Waals surface area contributed by atoms with E-state index in [1.54, 1.807) is 6.26 Å². The maximum atomic E-state index is 12.2. The van der Waals surface area contributed by atoms with Crippen molar-refractivity contribution in [1.82, 2.24) is 25.2 Å². The minimum Gasteiger partial charge on any atom is -0.461 e. The molecule has 4 rings (SSSR count). The third-order valence-electron chi connectivity index (χ3n) is 4.69. The van der Waals surface area contributed by atoms with Crippen LogP contribution >= 0.6 is 11.8 Å². The van der Waals surface area contributed by atoms with E-state index in [1.165, 1.54) is 16.8 Å². The van der Waals surface area contributed by atoms with E-state index >= 15 is 0 Å². The number of carbonyl (C=O) groups is 2. The molecule has 1 aromatic carbocycles. The number of hydrogen-bond acceptors (Lipinski definition) is 6. The molecular formula is C20H22N6O3S. The number of fused-ring (bicyclic) bond motifs is 1. The van der Waals surface area contributed by atoms with Crippen molar-refractivity contribution < 1.29 is 14.0 Å². The van der Waals surface area contributed by atoms with Gasteiger partial charge in [0, 0.05) is 31.5 Å². The van der Waals surface area contributed by atoms with Gasteiger partial charge >= 0.3 is 11.3 Å². The number of nitrogens with zero attached hydrogens (tertiary/aromatic N) is 4. The van der Waals surface area contributed by atoms with Gasteiger partial charge in [-0.1, -0.05) is 17.8 Å². The summed E-state index contributed by atoms with van der Waals surface area (Å²) in [4.78, 5) is 28.4. The molecule has 0 atom stereocenters. The van der Waals surface area contributed by atoms with Crippen LogP contribution in [0.3, 0.4) is 0 Å². The second kappa shape index (κ2) is 8.62. The third kappa shape index (κ3) is 4.04. The minimum absolute atomic E-state index is 0.129. The monoisotopic (exact) mass is 426 g/mol. The standard InChI is InChI=1S/C20H22N6O3S/c1-3-21-19(27)22-8-9-26-20(28)30-12-15(24-26)13-6-7-16-14(11-13)23-18(25(16)2)17-5-4-10-29-17/h4-7,10-11H,3,8-9,12H2,1-2H3,(H2,21,22,27). The highest BCUT2D eigenvalue weighted by atomic mass is 32.2. The molecule has 1 aliphatic heterocycles. The van der Waals surface area contributed by atoms with Gasteiger partial charge in [0.25, 0.3) is 0 Å². The van der Waals surface area contributed by atoms with Crippen LogP contribution in [0.25, 0.3) is 22.6 Å². The Morgan fingerprint density at radius 2 is 2.17 bits per heavy atom. The average Bonchev–Trinajstić information content (AvgIpc) is 3.37. The van der Waals surface area contributed by atoms with Crippen LogP contribution < -0.4 is 10.6 Å². The van der Waals surface area contributed by atoms with Gasteiger partial charge < -0.3 is 19.6 Å². The number of amides is 3. The van der Waals surface area contributed by atoms with Crippen LogP contribution in [0.5, 0.6) is 0 Å². The van der Waals surface area contributed by atoms with E-state index in [4.69, 9.17) is 9.40 Å². The normalized spacial score (nSPS) is 14.1. The molecular weight excluding hydrogens is 404 g/mol. The maximum absolute atomic E-state index is 12.2. The summed E-state index contributed by atoms with van der Waals surface area (Å²) in [5.41, 5.74) is 3.52. The third-order valence-corrected chi connectivity index (χ3v) is 5.56. The Morgan fingerprint density at radius 3 is 2.93 bits per heavy atom. The van der Waals surface area contributed by atoms with Gasteiger partial charge in [-0.15, -0.1) is 0 Å². The number of rotatable bonds is 6. The predicted octanol–water partition coefficient (Wildman–Crippen LogP) is 3.03. The number of benzene rings is 1. The first-order valence-corrected chi connectivity index (χ1v) is 10.6. The van der Waals surface area contributed by atoms with E-state index in [2.05, 4.69) is 15.7 Å². The number of hydrazone groups is 1. The summed E-state index contributed by atoms with van der Waals surface area (Å²) in [6.07, 6.45) is 1.63. The molecule has 10 heteroatoms. The fourth-order valence-electron chi connectivity index (χ4n) is 3.21. The van der Waals surface area contributed by atoms with Crippen molar-refractivity contribution in [2.75, 3.05) is 25.4 Å². The Balaban J connectivity index is 1.55. The van der Waals surface area contributed by atoms with E-state index in [9.17, 15) is 9.59 Å². The maximum Gasteiger partial charge on any atom is 0.314 e. The summed E-state index contributed by atoms with van der Waals surface area (Å²) >= 11 is 1.20. The van der Waals surface area contributed by atoms with Crippen LogP contribution in [0.4, 0.5) is 9.59 Å². The molecule has 0 saturated carbocycles. The summed E-state index contributed by atoms with van der Waals surface area (Å²) in [5.74, 6) is 1.94. The summed E-state index contributed by atoms with van der Waals surface area (Å²) in [6, 6.07) is 9.40. The van der Waals surface area contributed by atoms with E-state index in [0.717, 1.165) is 28.1 Å². The van der Waals surface area contributed by atoms with Crippen molar-refractivity contribution in [3.63, 3.8) is 0 Å². The number of imidazole rings is 1. The SMILES string of the molecule is CCNC(=O)NCCN1N=C(c2ccc3c(c2)nc(-c2ccco2)n3C)CSC1=O. The molecule has 9 nitrogen and oxygen atoms in total. The summed E-state index contributed by atoms with van der Waals surface area (Å²) < 4.78 is 7.47. The molecule has 0 fully saturated rings. The number of aryl methyl sites for hydroxylation is 1. The van der Waals surface area contributed by atoms with E-state index in [-0.39, 0.29) is 11.3 Å². The molecule has 156 valence electrons. The molecule has 2 N–H and O–H groups in total. The fourth-order valence-corrected chi connectivity index (χ4v) is 3.97.